The zero-order chi connectivity index (χ0) is 15.9. The minimum absolute atomic E-state index is 0. The largest absolute Gasteiger partial charge is 0.353 e. The number of halogens is 2. The third-order valence-corrected chi connectivity index (χ3v) is 4.48. The van der Waals surface area contributed by atoms with Crippen LogP contribution >= 0.6 is 24.8 Å². The molecule has 6 heteroatoms. The fraction of sp³-hybridized carbons (Fsp3) is 0.941. The molecule has 2 N–H and O–H groups in total. The Bertz CT molecular complexity index is 313. The molecule has 0 aromatic carbocycles. The van der Waals surface area contributed by atoms with Crippen LogP contribution in [0.2, 0.25) is 0 Å². The second-order valence-corrected chi connectivity index (χ2v) is 7.81. The molecule has 1 heterocycles. The lowest BCUT2D eigenvalue weighted by atomic mass is 9.84. The van der Waals surface area contributed by atoms with Crippen LogP contribution in [-0.4, -0.2) is 50.6 Å². The van der Waals surface area contributed by atoms with E-state index < -0.39 is 0 Å². The summed E-state index contributed by atoms with van der Waals surface area (Å²) in [5.41, 5.74) is 0.112. The Hall–Kier alpha value is -0.0300. The molecule has 1 atom stereocenters. The van der Waals surface area contributed by atoms with Crippen molar-refractivity contribution in [2.75, 3.05) is 33.7 Å². The Morgan fingerprint density at radius 2 is 1.78 bits per heavy atom. The maximum absolute atomic E-state index is 12.2. The molecule has 1 rings (SSSR count). The van der Waals surface area contributed by atoms with E-state index in [1.807, 2.05) is 0 Å². The molecule has 1 fully saturated rings. The van der Waals surface area contributed by atoms with E-state index in [0.717, 1.165) is 38.4 Å². The topological polar surface area (TPSA) is 44.4 Å². The molecule has 0 aromatic heterocycles. The van der Waals surface area contributed by atoms with Gasteiger partial charge in [0.05, 0.1) is 0 Å². The van der Waals surface area contributed by atoms with Gasteiger partial charge < -0.3 is 15.5 Å². The quantitative estimate of drug-likeness (QED) is 0.724. The molecule has 0 aliphatic carbocycles. The molecule has 0 radical (unpaired) electrons. The zero-order valence-corrected chi connectivity index (χ0v) is 17.1. The van der Waals surface area contributed by atoms with Gasteiger partial charge in [-0.3, -0.25) is 4.79 Å². The number of amides is 1. The van der Waals surface area contributed by atoms with E-state index in [2.05, 4.69) is 50.4 Å². The van der Waals surface area contributed by atoms with E-state index in [4.69, 9.17) is 0 Å². The molecule has 1 unspecified atom stereocenters. The van der Waals surface area contributed by atoms with Gasteiger partial charge in [-0.1, -0.05) is 20.8 Å². The van der Waals surface area contributed by atoms with Gasteiger partial charge in [0.15, 0.2) is 0 Å². The third kappa shape index (κ3) is 11.2. The summed E-state index contributed by atoms with van der Waals surface area (Å²) in [5.74, 6) is 0.957. The Labute approximate surface area is 155 Å². The van der Waals surface area contributed by atoms with Crippen LogP contribution in [0.5, 0.6) is 0 Å². The number of hydrogen-bond acceptors (Lipinski definition) is 3. The van der Waals surface area contributed by atoms with Gasteiger partial charge in [-0.25, -0.2) is 0 Å². The van der Waals surface area contributed by atoms with E-state index in [-0.39, 0.29) is 42.2 Å². The molecule has 0 spiro atoms. The van der Waals surface area contributed by atoms with Crippen molar-refractivity contribution in [1.82, 2.24) is 15.5 Å². The van der Waals surface area contributed by atoms with Crippen LogP contribution < -0.4 is 10.6 Å². The third-order valence-electron chi connectivity index (χ3n) is 4.48. The SMILES string of the molecule is CN(C)CCC(NC(=O)CCC1CCNCC1)C(C)(C)C.Cl.Cl. The van der Waals surface area contributed by atoms with Gasteiger partial charge in [-0.15, -0.1) is 24.8 Å². The first-order chi connectivity index (χ1) is 9.79. The summed E-state index contributed by atoms with van der Waals surface area (Å²) in [6.45, 7) is 9.86. The minimum Gasteiger partial charge on any atom is -0.353 e. The summed E-state index contributed by atoms with van der Waals surface area (Å²) >= 11 is 0. The van der Waals surface area contributed by atoms with Gasteiger partial charge in [0.2, 0.25) is 5.91 Å². The van der Waals surface area contributed by atoms with Crippen molar-refractivity contribution < 1.29 is 4.79 Å². The van der Waals surface area contributed by atoms with E-state index in [0.29, 0.717) is 6.42 Å². The lowest BCUT2D eigenvalue weighted by Crippen LogP contribution is -2.45. The number of piperidine rings is 1. The van der Waals surface area contributed by atoms with Crippen LogP contribution in [0.3, 0.4) is 0 Å². The number of rotatable bonds is 7. The van der Waals surface area contributed by atoms with Crippen LogP contribution in [0.25, 0.3) is 0 Å². The first-order valence-electron chi connectivity index (χ1n) is 8.44. The second kappa shape index (κ2) is 12.3. The maximum atomic E-state index is 12.2. The van der Waals surface area contributed by atoms with Crippen molar-refractivity contribution in [2.45, 2.75) is 58.9 Å². The molecule has 1 saturated heterocycles. The Morgan fingerprint density at radius 3 is 2.26 bits per heavy atom. The summed E-state index contributed by atoms with van der Waals surface area (Å²) in [6.07, 6.45) is 5.17. The fourth-order valence-corrected chi connectivity index (χ4v) is 2.88. The van der Waals surface area contributed by atoms with Crippen LogP contribution in [0.4, 0.5) is 0 Å². The number of carbonyl (C=O) groups excluding carboxylic acids is 1. The van der Waals surface area contributed by atoms with Crippen molar-refractivity contribution in [3.05, 3.63) is 0 Å². The Balaban J connectivity index is 0. The molecule has 0 bridgehead atoms. The maximum Gasteiger partial charge on any atom is 0.220 e. The van der Waals surface area contributed by atoms with Crippen molar-refractivity contribution in [1.29, 1.82) is 0 Å². The Kier molecular flexibility index (Phi) is 13.5. The van der Waals surface area contributed by atoms with Crippen LogP contribution in [-0.2, 0) is 4.79 Å². The summed E-state index contributed by atoms with van der Waals surface area (Å²) in [6, 6.07) is 0.250. The monoisotopic (exact) mass is 369 g/mol. The van der Waals surface area contributed by atoms with Crippen LogP contribution in [0.15, 0.2) is 0 Å². The summed E-state index contributed by atoms with van der Waals surface area (Å²) in [5, 5.41) is 6.65. The van der Waals surface area contributed by atoms with Crippen molar-refractivity contribution in [3.63, 3.8) is 0 Å². The second-order valence-electron chi connectivity index (χ2n) is 7.81. The van der Waals surface area contributed by atoms with Crippen molar-refractivity contribution in [2.24, 2.45) is 11.3 Å². The molecule has 0 saturated carbocycles. The zero-order valence-electron chi connectivity index (χ0n) is 15.5. The highest BCUT2D eigenvalue weighted by atomic mass is 35.5. The van der Waals surface area contributed by atoms with Gasteiger partial charge in [0.25, 0.3) is 0 Å². The number of nitrogens with zero attached hydrogens (tertiary/aromatic N) is 1. The van der Waals surface area contributed by atoms with Crippen LogP contribution in [0, 0.1) is 11.3 Å². The van der Waals surface area contributed by atoms with Crippen molar-refractivity contribution >= 4 is 30.7 Å². The lowest BCUT2D eigenvalue weighted by Gasteiger charge is -2.32. The standard InChI is InChI=1S/C17H35N3O.2ClH/c1-17(2,3)15(10-13-20(4)5)19-16(21)7-6-14-8-11-18-12-9-14;;/h14-15,18H,6-13H2,1-5H3,(H,19,21);2*1H. The van der Waals surface area contributed by atoms with E-state index in [1.165, 1.54) is 12.8 Å². The van der Waals surface area contributed by atoms with Gasteiger partial charge in [0.1, 0.15) is 0 Å². The summed E-state index contributed by atoms with van der Waals surface area (Å²) in [7, 11) is 4.16. The number of nitrogens with one attached hydrogen (secondary N) is 2. The van der Waals surface area contributed by atoms with Crippen molar-refractivity contribution in [3.8, 4) is 0 Å². The smallest absolute Gasteiger partial charge is 0.220 e. The summed E-state index contributed by atoms with van der Waals surface area (Å²) < 4.78 is 0. The fourth-order valence-electron chi connectivity index (χ4n) is 2.88. The molecule has 1 aliphatic rings. The predicted octanol–water partition coefficient (Wildman–Crippen LogP) is 3.09. The highest BCUT2D eigenvalue weighted by Gasteiger charge is 2.26. The molecule has 1 aliphatic heterocycles. The lowest BCUT2D eigenvalue weighted by molar-refractivity contribution is -0.123. The molecule has 1 amide bonds. The number of hydrogen-bond donors (Lipinski definition) is 2. The first-order valence-corrected chi connectivity index (χ1v) is 8.44. The van der Waals surface area contributed by atoms with Gasteiger partial charge in [0, 0.05) is 12.5 Å². The molecule has 4 nitrogen and oxygen atoms in total. The Morgan fingerprint density at radius 1 is 1.22 bits per heavy atom. The van der Waals surface area contributed by atoms with Gasteiger partial charge >= 0.3 is 0 Å². The van der Waals surface area contributed by atoms with Crippen LogP contribution in [0.1, 0.15) is 52.9 Å². The highest BCUT2D eigenvalue weighted by molar-refractivity contribution is 5.85. The molecule has 140 valence electrons. The first kappa shape index (κ1) is 25.2. The van der Waals surface area contributed by atoms with Gasteiger partial charge in [-0.2, -0.15) is 0 Å². The summed E-state index contributed by atoms with van der Waals surface area (Å²) in [4.78, 5) is 14.4. The average Bonchev–Trinajstić information content (AvgIpc) is 2.41. The average molecular weight is 370 g/mol. The highest BCUT2D eigenvalue weighted by Crippen LogP contribution is 2.23. The van der Waals surface area contributed by atoms with E-state index in [1.54, 1.807) is 0 Å². The molecule has 23 heavy (non-hydrogen) atoms. The molecular weight excluding hydrogens is 333 g/mol. The normalized spacial score (nSPS) is 17.1. The van der Waals surface area contributed by atoms with E-state index >= 15 is 0 Å². The molecule has 0 aromatic rings. The molecular formula is C17H37Cl2N3O. The predicted molar refractivity (Wildman–Crippen MR) is 104 cm³/mol. The number of carbonyl (C=O) groups is 1. The minimum atomic E-state index is 0. The van der Waals surface area contributed by atoms with Gasteiger partial charge in [-0.05, 0) is 70.7 Å². The van der Waals surface area contributed by atoms with E-state index in [9.17, 15) is 4.79 Å².